The molecule has 0 aliphatic carbocycles. The number of halogens is 1. The number of rotatable bonds is 4. The molecule has 0 N–H and O–H groups in total. The maximum atomic E-state index is 12.8. The average molecular weight is 353 g/mol. The van der Waals surface area contributed by atoms with Gasteiger partial charge in [-0.05, 0) is 24.6 Å². The highest BCUT2D eigenvalue weighted by Crippen LogP contribution is 2.28. The molecule has 122 valence electrons. The summed E-state index contributed by atoms with van der Waals surface area (Å²) in [5.41, 5.74) is 1.79. The third-order valence-corrected chi connectivity index (χ3v) is 6.08. The molecule has 23 heavy (non-hydrogen) atoms. The van der Waals surface area contributed by atoms with Gasteiger partial charge in [-0.3, -0.25) is 0 Å². The summed E-state index contributed by atoms with van der Waals surface area (Å²) in [7, 11) is -3.61. The van der Waals surface area contributed by atoms with Gasteiger partial charge < -0.3 is 4.74 Å². The van der Waals surface area contributed by atoms with Gasteiger partial charge in [-0.1, -0.05) is 29.8 Å². The zero-order valence-corrected chi connectivity index (χ0v) is 14.3. The maximum absolute atomic E-state index is 12.8. The number of nitrogens with zero attached hydrogens (tertiary/aromatic N) is 2. The van der Waals surface area contributed by atoms with Crippen molar-refractivity contribution >= 4 is 21.6 Å². The highest BCUT2D eigenvalue weighted by atomic mass is 35.5. The van der Waals surface area contributed by atoms with E-state index in [-0.39, 0.29) is 9.92 Å². The van der Waals surface area contributed by atoms with Crippen LogP contribution in [0.2, 0.25) is 5.02 Å². The number of aromatic nitrogens is 1. The first-order valence-electron chi connectivity index (χ1n) is 7.38. The topological polar surface area (TPSA) is 59.5 Å². The molecule has 2 aromatic rings. The van der Waals surface area contributed by atoms with Crippen LogP contribution in [-0.4, -0.2) is 30.9 Å². The number of sulfonamides is 1. The number of hydrogen-bond donors (Lipinski definition) is 0. The summed E-state index contributed by atoms with van der Waals surface area (Å²) in [6, 6.07) is 10.2. The fraction of sp³-hybridized carbons (Fsp3) is 0.312. The molecule has 0 unspecified atom stereocenters. The minimum Gasteiger partial charge on any atom is -0.478 e. The Kier molecular flexibility index (Phi) is 4.57. The SMILES string of the molecule is CCOc1ccc2c(n1)CCN(S(=O)(=O)c1ccccc1Cl)C2. The van der Waals surface area contributed by atoms with Gasteiger partial charge in [0.05, 0.1) is 17.3 Å². The van der Waals surface area contributed by atoms with Gasteiger partial charge in [-0.25, -0.2) is 13.4 Å². The second-order valence-corrected chi connectivity index (χ2v) is 7.52. The fourth-order valence-electron chi connectivity index (χ4n) is 2.60. The van der Waals surface area contributed by atoms with Crippen molar-refractivity contribution in [2.75, 3.05) is 13.2 Å². The zero-order chi connectivity index (χ0) is 16.4. The van der Waals surface area contributed by atoms with E-state index in [4.69, 9.17) is 16.3 Å². The van der Waals surface area contributed by atoms with E-state index in [0.29, 0.717) is 32.0 Å². The molecule has 0 atom stereocenters. The lowest BCUT2D eigenvalue weighted by molar-refractivity contribution is 0.322. The molecule has 7 heteroatoms. The minimum atomic E-state index is -3.61. The van der Waals surface area contributed by atoms with Crippen molar-refractivity contribution in [3.05, 3.63) is 52.7 Å². The molecule has 1 aromatic carbocycles. The van der Waals surface area contributed by atoms with Crippen molar-refractivity contribution in [2.45, 2.75) is 24.8 Å². The average Bonchev–Trinajstić information content (AvgIpc) is 2.55. The predicted molar refractivity (Wildman–Crippen MR) is 88.2 cm³/mol. The molecule has 2 heterocycles. The normalized spacial score (nSPS) is 15.2. The molecule has 3 rings (SSSR count). The molecule has 0 fully saturated rings. The van der Waals surface area contributed by atoms with Gasteiger partial charge in [0.1, 0.15) is 4.90 Å². The van der Waals surface area contributed by atoms with Crippen LogP contribution in [0.1, 0.15) is 18.2 Å². The first-order chi connectivity index (χ1) is 11.0. The van der Waals surface area contributed by atoms with Gasteiger partial charge in [0.25, 0.3) is 0 Å². The Balaban J connectivity index is 1.88. The maximum Gasteiger partial charge on any atom is 0.244 e. The Hall–Kier alpha value is -1.63. The second kappa shape index (κ2) is 6.47. The number of fused-ring (bicyclic) bond motifs is 1. The van der Waals surface area contributed by atoms with Gasteiger partial charge in [0.15, 0.2) is 0 Å². The summed E-state index contributed by atoms with van der Waals surface area (Å²) in [5.74, 6) is 0.577. The molecule has 0 saturated carbocycles. The van der Waals surface area contributed by atoms with Crippen molar-refractivity contribution in [3.63, 3.8) is 0 Å². The highest BCUT2D eigenvalue weighted by Gasteiger charge is 2.30. The molecular formula is C16H17ClN2O3S. The molecule has 0 amide bonds. The smallest absolute Gasteiger partial charge is 0.244 e. The predicted octanol–water partition coefficient (Wildman–Crippen LogP) is 2.88. The van der Waals surface area contributed by atoms with E-state index >= 15 is 0 Å². The first kappa shape index (κ1) is 16.2. The van der Waals surface area contributed by atoms with E-state index in [1.54, 1.807) is 24.3 Å². The third kappa shape index (κ3) is 3.20. The Bertz CT molecular complexity index is 824. The van der Waals surface area contributed by atoms with Crippen LogP contribution >= 0.6 is 11.6 Å². The van der Waals surface area contributed by atoms with Gasteiger partial charge in [0.2, 0.25) is 15.9 Å². The second-order valence-electron chi connectivity index (χ2n) is 5.21. The minimum absolute atomic E-state index is 0.143. The van der Waals surface area contributed by atoms with E-state index < -0.39 is 10.0 Å². The van der Waals surface area contributed by atoms with Crippen LogP contribution in [0.15, 0.2) is 41.3 Å². The Morgan fingerprint density at radius 3 is 2.78 bits per heavy atom. The molecule has 0 saturated heterocycles. The van der Waals surface area contributed by atoms with Crippen LogP contribution in [0.5, 0.6) is 5.88 Å². The summed E-state index contributed by atoms with van der Waals surface area (Å²) >= 11 is 6.05. The lowest BCUT2D eigenvalue weighted by Crippen LogP contribution is -2.36. The van der Waals surface area contributed by atoms with Gasteiger partial charge in [-0.2, -0.15) is 4.31 Å². The molecular weight excluding hydrogens is 336 g/mol. The van der Waals surface area contributed by atoms with Gasteiger partial charge >= 0.3 is 0 Å². The fourth-order valence-corrected chi connectivity index (χ4v) is 4.51. The Morgan fingerprint density at radius 1 is 1.26 bits per heavy atom. The number of pyridine rings is 1. The van der Waals surface area contributed by atoms with Crippen molar-refractivity contribution in [2.24, 2.45) is 0 Å². The largest absolute Gasteiger partial charge is 0.478 e. The molecule has 0 bridgehead atoms. The molecule has 1 aliphatic rings. The molecule has 0 radical (unpaired) electrons. The standard InChI is InChI=1S/C16H17ClN2O3S/c1-2-22-16-8-7-12-11-19(10-9-14(12)18-16)23(20,21)15-6-4-3-5-13(15)17/h3-8H,2,9-11H2,1H3. The van der Waals surface area contributed by atoms with Gasteiger partial charge in [-0.15, -0.1) is 0 Å². The van der Waals surface area contributed by atoms with Crippen molar-refractivity contribution in [1.82, 2.24) is 9.29 Å². The summed E-state index contributed by atoms with van der Waals surface area (Å²) in [6.45, 7) is 3.13. The summed E-state index contributed by atoms with van der Waals surface area (Å²) in [6.07, 6.45) is 0.555. The lowest BCUT2D eigenvalue weighted by atomic mass is 10.1. The summed E-state index contributed by atoms with van der Waals surface area (Å²) in [5, 5.41) is 0.239. The van der Waals surface area contributed by atoms with Crippen LogP contribution in [0.4, 0.5) is 0 Å². The number of benzene rings is 1. The summed E-state index contributed by atoms with van der Waals surface area (Å²) < 4.78 is 32.4. The molecule has 5 nitrogen and oxygen atoms in total. The van der Waals surface area contributed by atoms with Crippen LogP contribution < -0.4 is 4.74 Å². The summed E-state index contributed by atoms with van der Waals surface area (Å²) in [4.78, 5) is 4.58. The van der Waals surface area contributed by atoms with Crippen LogP contribution in [0.25, 0.3) is 0 Å². The number of hydrogen-bond acceptors (Lipinski definition) is 4. The lowest BCUT2D eigenvalue weighted by Gasteiger charge is -2.28. The zero-order valence-electron chi connectivity index (χ0n) is 12.7. The van der Waals surface area contributed by atoms with Crippen molar-refractivity contribution in [3.8, 4) is 5.88 Å². The van der Waals surface area contributed by atoms with Crippen LogP contribution in [-0.2, 0) is 23.0 Å². The molecule has 1 aromatic heterocycles. The van der Waals surface area contributed by atoms with Crippen molar-refractivity contribution in [1.29, 1.82) is 0 Å². The van der Waals surface area contributed by atoms with Crippen LogP contribution in [0.3, 0.4) is 0 Å². The third-order valence-electron chi connectivity index (χ3n) is 3.73. The Labute approximate surface area is 140 Å². The molecule has 1 aliphatic heterocycles. The first-order valence-corrected chi connectivity index (χ1v) is 9.20. The number of ether oxygens (including phenoxy) is 1. The van der Waals surface area contributed by atoms with Crippen molar-refractivity contribution < 1.29 is 13.2 Å². The van der Waals surface area contributed by atoms with E-state index in [9.17, 15) is 8.42 Å². The van der Waals surface area contributed by atoms with E-state index in [2.05, 4.69) is 4.98 Å². The molecule has 0 spiro atoms. The van der Waals surface area contributed by atoms with Crippen LogP contribution in [0, 0.1) is 0 Å². The van der Waals surface area contributed by atoms with E-state index in [0.717, 1.165) is 11.3 Å². The Morgan fingerprint density at radius 2 is 2.04 bits per heavy atom. The van der Waals surface area contributed by atoms with E-state index in [1.165, 1.54) is 10.4 Å². The monoisotopic (exact) mass is 352 g/mol. The quantitative estimate of drug-likeness (QED) is 0.849. The van der Waals surface area contributed by atoms with Gasteiger partial charge in [0, 0.05) is 25.6 Å². The van der Waals surface area contributed by atoms with E-state index in [1.807, 2.05) is 13.0 Å². The highest BCUT2D eigenvalue weighted by molar-refractivity contribution is 7.89.